The number of anilines is 1. The molecular formula is C22H21FN4OS. The van der Waals surface area contributed by atoms with Gasteiger partial charge in [-0.15, -0.1) is 11.3 Å². The smallest absolute Gasteiger partial charge is 0.267 e. The van der Waals surface area contributed by atoms with E-state index in [1.54, 1.807) is 18.2 Å². The Labute approximate surface area is 172 Å². The molecule has 5 nitrogen and oxygen atoms in total. The predicted molar refractivity (Wildman–Crippen MR) is 116 cm³/mol. The van der Waals surface area contributed by atoms with Gasteiger partial charge >= 0.3 is 0 Å². The van der Waals surface area contributed by atoms with Crippen molar-refractivity contribution in [3.8, 4) is 10.6 Å². The van der Waals surface area contributed by atoms with E-state index in [4.69, 9.17) is 0 Å². The Balaban J connectivity index is 1.50. The highest BCUT2D eigenvalue weighted by Gasteiger charge is 2.14. The lowest BCUT2D eigenvalue weighted by atomic mass is 10.2. The average molecular weight is 409 g/mol. The van der Waals surface area contributed by atoms with Gasteiger partial charge in [0, 0.05) is 41.4 Å². The molecular weight excluding hydrogens is 387 g/mol. The Kier molecular flexibility index (Phi) is 5.42. The maximum absolute atomic E-state index is 13.9. The van der Waals surface area contributed by atoms with E-state index >= 15 is 0 Å². The topological polar surface area (TPSA) is 50.2 Å². The number of carbonyl (C=O) groups is 1. The summed E-state index contributed by atoms with van der Waals surface area (Å²) in [6.07, 6.45) is 3.54. The summed E-state index contributed by atoms with van der Waals surface area (Å²) in [5, 5.41) is 4.46. The molecule has 148 valence electrons. The monoisotopic (exact) mass is 408 g/mol. The lowest BCUT2D eigenvalue weighted by molar-refractivity contribution is 0.103. The maximum Gasteiger partial charge on any atom is 0.267 e. The zero-order chi connectivity index (χ0) is 20.4. The lowest BCUT2D eigenvalue weighted by Crippen LogP contribution is -2.17. The van der Waals surface area contributed by atoms with Crippen LogP contribution in [0.2, 0.25) is 0 Å². The van der Waals surface area contributed by atoms with Crippen molar-refractivity contribution in [2.24, 2.45) is 0 Å². The summed E-state index contributed by atoms with van der Waals surface area (Å²) >= 11 is 1.17. The van der Waals surface area contributed by atoms with E-state index in [-0.39, 0.29) is 11.7 Å². The number of amides is 1. The molecule has 0 atom stereocenters. The third-order valence-corrected chi connectivity index (χ3v) is 5.68. The highest BCUT2D eigenvalue weighted by Crippen LogP contribution is 2.28. The number of nitrogens with one attached hydrogen (secondary N) is 1. The van der Waals surface area contributed by atoms with Gasteiger partial charge in [0.15, 0.2) is 0 Å². The van der Waals surface area contributed by atoms with Crippen LogP contribution in [0, 0.1) is 5.82 Å². The molecule has 0 spiro atoms. The Morgan fingerprint density at radius 1 is 1.21 bits per heavy atom. The van der Waals surface area contributed by atoms with Crippen molar-refractivity contribution in [2.75, 3.05) is 26.0 Å². The van der Waals surface area contributed by atoms with Crippen LogP contribution in [0.25, 0.3) is 21.5 Å². The molecule has 2 heterocycles. The highest BCUT2D eigenvalue weighted by molar-refractivity contribution is 7.17. The molecule has 0 saturated carbocycles. The summed E-state index contributed by atoms with van der Waals surface area (Å²) in [5.74, 6) is -0.602. The first-order valence-corrected chi connectivity index (χ1v) is 10.1. The molecule has 0 bridgehead atoms. The van der Waals surface area contributed by atoms with Crippen molar-refractivity contribution in [1.29, 1.82) is 0 Å². The molecule has 0 aliphatic rings. The van der Waals surface area contributed by atoms with E-state index < -0.39 is 0 Å². The first-order chi connectivity index (χ1) is 14.0. The number of nitrogens with zero attached hydrogens (tertiary/aromatic N) is 3. The zero-order valence-corrected chi connectivity index (χ0v) is 17.0. The molecule has 1 N–H and O–H groups in total. The molecule has 2 aromatic heterocycles. The zero-order valence-electron chi connectivity index (χ0n) is 16.2. The van der Waals surface area contributed by atoms with Crippen LogP contribution in [0.5, 0.6) is 0 Å². The molecule has 0 aliphatic heterocycles. The molecule has 0 aliphatic carbocycles. The maximum atomic E-state index is 13.9. The van der Waals surface area contributed by atoms with Gasteiger partial charge in [-0.1, -0.05) is 12.1 Å². The van der Waals surface area contributed by atoms with Crippen LogP contribution in [-0.4, -0.2) is 41.0 Å². The number of halogens is 1. The Morgan fingerprint density at radius 3 is 2.83 bits per heavy atom. The summed E-state index contributed by atoms with van der Waals surface area (Å²) in [6.45, 7) is 1.86. The van der Waals surface area contributed by atoms with Gasteiger partial charge in [-0.2, -0.15) is 0 Å². The average Bonchev–Trinajstić information content (AvgIpc) is 3.34. The molecule has 0 radical (unpaired) electrons. The second-order valence-corrected chi connectivity index (χ2v) is 8.08. The number of benzene rings is 2. The molecule has 4 aromatic rings. The summed E-state index contributed by atoms with van der Waals surface area (Å²) in [5.41, 5.74) is 2.25. The van der Waals surface area contributed by atoms with Crippen LogP contribution in [0.3, 0.4) is 0 Å². The third-order valence-electron chi connectivity index (χ3n) is 4.65. The molecule has 0 unspecified atom stereocenters. The first-order valence-electron chi connectivity index (χ1n) is 9.27. The number of thiazole rings is 1. The van der Waals surface area contributed by atoms with Crippen LogP contribution in [0.15, 0.2) is 60.9 Å². The fourth-order valence-electron chi connectivity index (χ4n) is 3.11. The van der Waals surface area contributed by atoms with Gasteiger partial charge in [-0.05, 0) is 50.5 Å². The largest absolute Gasteiger partial charge is 0.346 e. The summed E-state index contributed by atoms with van der Waals surface area (Å²) in [7, 11) is 4.10. The van der Waals surface area contributed by atoms with Crippen LogP contribution in [0.1, 0.15) is 9.67 Å². The minimum absolute atomic E-state index is 0.253. The number of likely N-dealkylation sites (N-methyl/N-ethyl adjacent to an activating group) is 1. The van der Waals surface area contributed by atoms with E-state index in [0.29, 0.717) is 21.1 Å². The van der Waals surface area contributed by atoms with E-state index in [1.165, 1.54) is 23.6 Å². The number of hydrogen-bond donors (Lipinski definition) is 1. The molecule has 0 fully saturated rings. The Hall–Kier alpha value is -3.03. The van der Waals surface area contributed by atoms with Crippen molar-refractivity contribution in [2.45, 2.75) is 6.54 Å². The summed E-state index contributed by atoms with van der Waals surface area (Å²) < 4.78 is 16.1. The number of fused-ring (bicyclic) bond motifs is 1. The van der Waals surface area contributed by atoms with Crippen molar-refractivity contribution < 1.29 is 9.18 Å². The van der Waals surface area contributed by atoms with Crippen LogP contribution >= 0.6 is 11.3 Å². The van der Waals surface area contributed by atoms with Gasteiger partial charge in [0.05, 0.1) is 6.20 Å². The van der Waals surface area contributed by atoms with E-state index in [9.17, 15) is 9.18 Å². The number of hydrogen-bond acceptors (Lipinski definition) is 4. The van der Waals surface area contributed by atoms with Crippen LogP contribution in [-0.2, 0) is 6.54 Å². The van der Waals surface area contributed by atoms with Gasteiger partial charge in [0.1, 0.15) is 15.7 Å². The molecule has 29 heavy (non-hydrogen) atoms. The number of carbonyl (C=O) groups excluding carboxylic acids is 1. The van der Waals surface area contributed by atoms with Crippen molar-refractivity contribution in [1.82, 2.24) is 14.5 Å². The van der Waals surface area contributed by atoms with E-state index in [1.807, 2.05) is 24.3 Å². The SMILES string of the molecule is CN(C)CCn1ccc2cc(NC(=O)c3cnc(-c4ccccc4F)s3)ccc21. The molecule has 0 saturated heterocycles. The van der Waals surface area contributed by atoms with Gasteiger partial charge in [0.25, 0.3) is 5.91 Å². The minimum atomic E-state index is -0.349. The van der Waals surface area contributed by atoms with Gasteiger partial charge < -0.3 is 14.8 Å². The first kappa shape index (κ1) is 19.3. The number of aromatic nitrogens is 2. The fourth-order valence-corrected chi connectivity index (χ4v) is 3.95. The van der Waals surface area contributed by atoms with E-state index in [2.05, 4.69) is 40.1 Å². The Morgan fingerprint density at radius 2 is 2.03 bits per heavy atom. The molecule has 4 rings (SSSR count). The third kappa shape index (κ3) is 4.21. The van der Waals surface area contributed by atoms with Gasteiger partial charge in [0.2, 0.25) is 0 Å². The molecule has 1 amide bonds. The minimum Gasteiger partial charge on any atom is -0.346 e. The van der Waals surface area contributed by atoms with Gasteiger partial charge in [-0.25, -0.2) is 9.37 Å². The fraction of sp³-hybridized carbons (Fsp3) is 0.182. The summed E-state index contributed by atoms with van der Waals surface area (Å²) in [6, 6.07) is 14.3. The second-order valence-electron chi connectivity index (χ2n) is 7.05. The van der Waals surface area contributed by atoms with E-state index in [0.717, 1.165) is 24.0 Å². The summed E-state index contributed by atoms with van der Waals surface area (Å²) in [4.78, 5) is 19.4. The number of rotatable bonds is 6. The molecule has 7 heteroatoms. The Bertz CT molecular complexity index is 1160. The molecule has 2 aromatic carbocycles. The standard InChI is InChI=1S/C22H21FN4OS/c1-26(2)11-12-27-10-9-15-13-16(7-8-19(15)27)25-21(28)20-14-24-22(29-20)17-5-3-4-6-18(17)23/h3-10,13-14H,11-12H2,1-2H3,(H,25,28). The predicted octanol–water partition coefficient (Wildman–Crippen LogP) is 4.72. The quantitative estimate of drug-likeness (QED) is 0.502. The lowest BCUT2D eigenvalue weighted by Gasteiger charge is -2.11. The van der Waals surface area contributed by atoms with Crippen molar-refractivity contribution in [3.05, 3.63) is 71.6 Å². The van der Waals surface area contributed by atoms with Crippen molar-refractivity contribution in [3.63, 3.8) is 0 Å². The van der Waals surface area contributed by atoms with Gasteiger partial charge in [-0.3, -0.25) is 4.79 Å². The normalized spacial score (nSPS) is 11.3. The second kappa shape index (κ2) is 8.14. The van der Waals surface area contributed by atoms with Crippen LogP contribution in [0.4, 0.5) is 10.1 Å². The highest BCUT2D eigenvalue weighted by atomic mass is 32.1. The van der Waals surface area contributed by atoms with Crippen molar-refractivity contribution >= 4 is 33.8 Å². The van der Waals surface area contributed by atoms with Crippen LogP contribution < -0.4 is 5.32 Å².